The summed E-state index contributed by atoms with van der Waals surface area (Å²) in [7, 11) is 0. The number of hydrogen-bond acceptors (Lipinski definition) is 3. The molecular formula is C9H11N5. The average Bonchev–Trinajstić information content (AvgIpc) is 2.59. The molecule has 0 aliphatic carbocycles. The van der Waals surface area contributed by atoms with Gasteiger partial charge in [0, 0.05) is 6.42 Å². The molecule has 5 nitrogen and oxygen atoms in total. The van der Waals surface area contributed by atoms with Crippen molar-refractivity contribution >= 4 is 11.5 Å². The summed E-state index contributed by atoms with van der Waals surface area (Å²) in [5.41, 5.74) is 6.73. The van der Waals surface area contributed by atoms with E-state index >= 15 is 0 Å². The van der Waals surface area contributed by atoms with E-state index in [0.717, 1.165) is 17.9 Å². The van der Waals surface area contributed by atoms with Crippen molar-refractivity contribution in [1.82, 2.24) is 14.6 Å². The number of nitrogens with two attached hydrogens (primary N) is 1. The molecule has 2 rings (SSSR count). The number of pyridine rings is 1. The molecule has 2 aromatic rings. The lowest BCUT2D eigenvalue weighted by molar-refractivity contribution is 0.877. The number of rotatable bonds is 2. The highest BCUT2D eigenvalue weighted by Crippen LogP contribution is 2.05. The highest BCUT2D eigenvalue weighted by atomic mass is 15.3. The largest absolute Gasteiger partial charge is 0.382 e. The van der Waals surface area contributed by atoms with E-state index in [4.69, 9.17) is 11.1 Å². The van der Waals surface area contributed by atoms with Gasteiger partial charge in [0.05, 0.1) is 0 Å². The first-order chi connectivity index (χ1) is 6.72. The smallest absolute Gasteiger partial charge is 0.156 e. The summed E-state index contributed by atoms with van der Waals surface area (Å²) >= 11 is 0. The number of aryl methyl sites for hydroxylation is 1. The van der Waals surface area contributed by atoms with Crippen LogP contribution in [0.2, 0.25) is 0 Å². The fraction of sp³-hybridized carbons (Fsp3) is 0.222. The zero-order valence-corrected chi connectivity index (χ0v) is 7.86. The number of nitrogens with zero attached hydrogens (tertiary/aromatic N) is 3. The Bertz CT molecular complexity index is 485. The first-order valence-corrected chi connectivity index (χ1v) is 4.41. The second kappa shape index (κ2) is 3.10. The van der Waals surface area contributed by atoms with E-state index in [1.807, 2.05) is 19.1 Å². The summed E-state index contributed by atoms with van der Waals surface area (Å²) in [5, 5.41) is 11.6. The summed E-state index contributed by atoms with van der Waals surface area (Å²) in [6, 6.07) is 5.42. The number of aromatic nitrogens is 3. The summed E-state index contributed by atoms with van der Waals surface area (Å²) in [6.45, 7) is 1.99. The minimum absolute atomic E-state index is 0.00292. The van der Waals surface area contributed by atoms with Crippen LogP contribution in [0.4, 0.5) is 0 Å². The van der Waals surface area contributed by atoms with E-state index < -0.39 is 0 Å². The van der Waals surface area contributed by atoms with Crippen LogP contribution in [0.15, 0.2) is 18.2 Å². The predicted molar refractivity (Wildman–Crippen MR) is 53.4 cm³/mol. The van der Waals surface area contributed by atoms with Crippen molar-refractivity contribution in [3.05, 3.63) is 29.7 Å². The number of hydrogen-bond donors (Lipinski definition) is 2. The molecule has 14 heavy (non-hydrogen) atoms. The van der Waals surface area contributed by atoms with Crippen LogP contribution in [-0.4, -0.2) is 20.4 Å². The molecule has 0 bridgehead atoms. The van der Waals surface area contributed by atoms with E-state index in [0.29, 0.717) is 5.69 Å². The standard InChI is InChI=1S/C9H11N5/c1-2-7-12-8-5-3-4-6(9(10)11)14(8)13-7/h3-5H,2H2,1H3,(H3,10,11). The third-order valence-electron chi connectivity index (χ3n) is 2.00. The van der Waals surface area contributed by atoms with Gasteiger partial charge in [0.15, 0.2) is 11.5 Å². The van der Waals surface area contributed by atoms with Gasteiger partial charge in [0.2, 0.25) is 0 Å². The summed E-state index contributed by atoms with van der Waals surface area (Å²) in [5.74, 6) is 0.766. The number of nitrogen functional groups attached to an aromatic ring is 1. The summed E-state index contributed by atoms with van der Waals surface area (Å²) in [4.78, 5) is 4.27. The maximum absolute atomic E-state index is 7.37. The zero-order chi connectivity index (χ0) is 10.1. The molecule has 3 N–H and O–H groups in total. The molecule has 0 radical (unpaired) electrons. The van der Waals surface area contributed by atoms with E-state index in [1.54, 1.807) is 10.6 Å². The Balaban J connectivity index is 2.73. The molecule has 0 saturated heterocycles. The maximum Gasteiger partial charge on any atom is 0.156 e. The predicted octanol–water partition coefficient (Wildman–Crippen LogP) is 0.576. The normalized spacial score (nSPS) is 10.6. The Morgan fingerprint density at radius 2 is 2.36 bits per heavy atom. The molecule has 0 unspecified atom stereocenters. The van der Waals surface area contributed by atoms with Crippen molar-refractivity contribution in [1.29, 1.82) is 5.41 Å². The molecule has 0 atom stereocenters. The van der Waals surface area contributed by atoms with Crippen molar-refractivity contribution in [2.75, 3.05) is 0 Å². The van der Waals surface area contributed by atoms with Gasteiger partial charge in [-0.15, -0.1) is 0 Å². The van der Waals surface area contributed by atoms with Crippen LogP contribution < -0.4 is 5.73 Å². The topological polar surface area (TPSA) is 80.1 Å². The quantitative estimate of drug-likeness (QED) is 0.535. The van der Waals surface area contributed by atoms with E-state index in [-0.39, 0.29) is 5.84 Å². The molecule has 0 spiro atoms. The SMILES string of the molecule is CCc1nc2cccc(C(=N)N)n2n1. The highest BCUT2D eigenvalue weighted by molar-refractivity contribution is 5.93. The van der Waals surface area contributed by atoms with Crippen LogP contribution in [0.25, 0.3) is 5.65 Å². The van der Waals surface area contributed by atoms with Gasteiger partial charge in [-0.05, 0) is 12.1 Å². The van der Waals surface area contributed by atoms with Gasteiger partial charge >= 0.3 is 0 Å². The van der Waals surface area contributed by atoms with Crippen molar-refractivity contribution in [3.63, 3.8) is 0 Å². The molecule has 0 fully saturated rings. The maximum atomic E-state index is 7.37. The van der Waals surface area contributed by atoms with Gasteiger partial charge in [-0.3, -0.25) is 5.41 Å². The fourth-order valence-corrected chi connectivity index (χ4v) is 1.30. The summed E-state index contributed by atoms with van der Waals surface area (Å²) < 4.78 is 1.60. The number of amidine groups is 1. The van der Waals surface area contributed by atoms with Crippen molar-refractivity contribution in [2.24, 2.45) is 5.73 Å². The van der Waals surface area contributed by atoms with E-state index in [1.165, 1.54) is 0 Å². The van der Waals surface area contributed by atoms with Crippen molar-refractivity contribution in [2.45, 2.75) is 13.3 Å². The second-order valence-electron chi connectivity index (χ2n) is 2.98. The lowest BCUT2D eigenvalue weighted by atomic mass is 10.3. The van der Waals surface area contributed by atoms with Gasteiger partial charge in [-0.25, -0.2) is 9.50 Å². The second-order valence-corrected chi connectivity index (χ2v) is 2.98. The molecule has 2 aromatic heterocycles. The van der Waals surface area contributed by atoms with Crippen molar-refractivity contribution < 1.29 is 0 Å². The van der Waals surface area contributed by atoms with E-state index in [9.17, 15) is 0 Å². The third-order valence-corrected chi connectivity index (χ3v) is 2.00. The van der Waals surface area contributed by atoms with Crippen molar-refractivity contribution in [3.8, 4) is 0 Å². The Morgan fingerprint density at radius 3 is 3.00 bits per heavy atom. The fourth-order valence-electron chi connectivity index (χ4n) is 1.30. The first-order valence-electron chi connectivity index (χ1n) is 4.41. The van der Waals surface area contributed by atoms with Gasteiger partial charge in [0.25, 0.3) is 0 Å². The highest BCUT2D eigenvalue weighted by Gasteiger charge is 2.06. The van der Waals surface area contributed by atoms with Crippen LogP contribution in [0.5, 0.6) is 0 Å². The first kappa shape index (κ1) is 8.68. The number of nitrogens with one attached hydrogen (secondary N) is 1. The van der Waals surface area contributed by atoms with Gasteiger partial charge in [-0.2, -0.15) is 5.10 Å². The van der Waals surface area contributed by atoms with Crippen LogP contribution >= 0.6 is 0 Å². The minimum atomic E-state index is 0.00292. The van der Waals surface area contributed by atoms with Gasteiger partial charge < -0.3 is 5.73 Å². The molecular weight excluding hydrogens is 178 g/mol. The lowest BCUT2D eigenvalue weighted by Crippen LogP contribution is -2.16. The molecule has 0 aliphatic heterocycles. The summed E-state index contributed by atoms with van der Waals surface area (Å²) in [6.07, 6.45) is 0.777. The Hall–Kier alpha value is -1.91. The molecule has 0 amide bonds. The van der Waals surface area contributed by atoms with Gasteiger partial charge in [0.1, 0.15) is 11.5 Å². The molecule has 0 aliphatic rings. The number of fused-ring (bicyclic) bond motifs is 1. The molecule has 0 saturated carbocycles. The zero-order valence-electron chi connectivity index (χ0n) is 7.86. The van der Waals surface area contributed by atoms with Crippen LogP contribution in [-0.2, 0) is 6.42 Å². The minimum Gasteiger partial charge on any atom is -0.382 e. The molecule has 5 heteroatoms. The monoisotopic (exact) mass is 189 g/mol. The van der Waals surface area contributed by atoms with E-state index in [2.05, 4.69) is 10.1 Å². The molecule has 72 valence electrons. The third kappa shape index (κ3) is 1.22. The molecule has 0 aromatic carbocycles. The molecule has 2 heterocycles. The Labute approximate surface area is 81.1 Å². The average molecular weight is 189 g/mol. The van der Waals surface area contributed by atoms with Crippen LogP contribution in [0.1, 0.15) is 18.4 Å². The lowest BCUT2D eigenvalue weighted by Gasteiger charge is -1.99. The van der Waals surface area contributed by atoms with Crippen LogP contribution in [0, 0.1) is 5.41 Å². The Kier molecular flexibility index (Phi) is 1.92. The Morgan fingerprint density at radius 1 is 1.57 bits per heavy atom. The van der Waals surface area contributed by atoms with Crippen LogP contribution in [0.3, 0.4) is 0 Å². The van der Waals surface area contributed by atoms with Gasteiger partial charge in [-0.1, -0.05) is 13.0 Å².